The van der Waals surface area contributed by atoms with Gasteiger partial charge in [0.15, 0.2) is 0 Å². The maximum absolute atomic E-state index is 12.3. The highest BCUT2D eigenvalue weighted by atomic mass is 32.2. The zero-order valence-corrected chi connectivity index (χ0v) is 14.7. The van der Waals surface area contributed by atoms with Gasteiger partial charge in [0.25, 0.3) is 0 Å². The molecule has 0 saturated carbocycles. The number of unbranched alkanes of at least 4 members (excludes halogenated alkanes) is 3. The minimum absolute atomic E-state index is 0.277. The fourth-order valence-corrected chi connectivity index (χ4v) is 4.04. The number of H-pyrrole nitrogens is 1. The Hall–Kier alpha value is -0.570. The van der Waals surface area contributed by atoms with Crippen molar-refractivity contribution in [3.8, 4) is 0 Å². The predicted molar refractivity (Wildman–Crippen MR) is 88.1 cm³/mol. The first-order chi connectivity index (χ1) is 10.0. The van der Waals surface area contributed by atoms with Gasteiger partial charge in [-0.15, -0.1) is 0 Å². The van der Waals surface area contributed by atoms with E-state index in [-0.39, 0.29) is 4.90 Å². The van der Waals surface area contributed by atoms with Crippen LogP contribution in [0.25, 0.3) is 0 Å². The molecule has 0 aliphatic rings. The van der Waals surface area contributed by atoms with Gasteiger partial charge in [0, 0.05) is 13.1 Å². The van der Waals surface area contributed by atoms with Crippen LogP contribution >= 0.6 is 11.8 Å². The van der Waals surface area contributed by atoms with Gasteiger partial charge in [0.1, 0.15) is 4.90 Å². The van der Waals surface area contributed by atoms with Gasteiger partial charge in [-0.05, 0) is 38.8 Å². The van der Waals surface area contributed by atoms with Crippen LogP contribution in [-0.4, -0.2) is 44.2 Å². The van der Waals surface area contributed by atoms with E-state index in [9.17, 15) is 8.42 Å². The van der Waals surface area contributed by atoms with Crippen LogP contribution in [0.15, 0.2) is 4.90 Å². The van der Waals surface area contributed by atoms with Gasteiger partial charge in [-0.1, -0.05) is 12.8 Å². The molecule has 6 nitrogen and oxygen atoms in total. The number of rotatable bonds is 11. The summed E-state index contributed by atoms with van der Waals surface area (Å²) in [7, 11) is -1.72. The van der Waals surface area contributed by atoms with Crippen LogP contribution in [0.1, 0.15) is 37.1 Å². The highest BCUT2D eigenvalue weighted by Gasteiger charge is 2.23. The molecule has 122 valence electrons. The maximum Gasteiger partial charge on any atom is 0.244 e. The van der Waals surface area contributed by atoms with Crippen molar-refractivity contribution < 1.29 is 8.42 Å². The molecule has 3 N–H and O–H groups in total. The van der Waals surface area contributed by atoms with Crippen molar-refractivity contribution in [2.24, 2.45) is 0 Å². The summed E-state index contributed by atoms with van der Waals surface area (Å²) in [5.41, 5.74) is 1.11. The number of aryl methyl sites for hydroxylation is 1. The Labute approximate surface area is 131 Å². The number of aromatic nitrogens is 2. The third kappa shape index (κ3) is 5.98. The summed E-state index contributed by atoms with van der Waals surface area (Å²) in [6, 6.07) is 0. The van der Waals surface area contributed by atoms with E-state index in [0.29, 0.717) is 24.5 Å². The van der Waals surface area contributed by atoms with E-state index in [0.717, 1.165) is 19.3 Å². The number of hydrogen-bond donors (Lipinski definition) is 3. The quantitative estimate of drug-likeness (QED) is 0.536. The summed E-state index contributed by atoms with van der Waals surface area (Å²) in [6.07, 6.45) is 6.37. The maximum atomic E-state index is 12.3. The van der Waals surface area contributed by atoms with E-state index in [2.05, 4.69) is 26.5 Å². The fourth-order valence-electron chi connectivity index (χ4n) is 2.12. The average molecular weight is 335 g/mol. The minimum atomic E-state index is -3.49. The highest BCUT2D eigenvalue weighted by molar-refractivity contribution is 7.98. The molecule has 21 heavy (non-hydrogen) atoms. The van der Waals surface area contributed by atoms with Crippen LogP contribution < -0.4 is 10.0 Å². The molecule has 0 aliphatic carbocycles. The minimum Gasteiger partial charge on any atom is -0.314 e. The number of hydrogen-bond acceptors (Lipinski definition) is 5. The molecular formula is C13H26N4O2S2. The fraction of sp³-hybridized carbons (Fsp3) is 0.769. The molecule has 0 fully saturated rings. The second-order valence-electron chi connectivity index (χ2n) is 4.96. The zero-order chi connectivity index (χ0) is 15.7. The van der Waals surface area contributed by atoms with E-state index in [4.69, 9.17) is 0 Å². The standard InChI is InChI=1S/C13H26N4O2S2/c1-11-13(12(10-14-2)17-16-11)21(18,19)15-8-6-4-5-7-9-20-3/h14-15H,4-10H2,1-3H3,(H,16,17). The largest absolute Gasteiger partial charge is 0.314 e. The molecule has 0 saturated heterocycles. The molecule has 0 atom stereocenters. The molecule has 0 amide bonds. The van der Waals surface area contributed by atoms with E-state index < -0.39 is 10.0 Å². The lowest BCUT2D eigenvalue weighted by Gasteiger charge is -2.08. The van der Waals surface area contributed by atoms with Gasteiger partial charge in [0.2, 0.25) is 10.0 Å². The third-order valence-corrected chi connectivity index (χ3v) is 5.50. The van der Waals surface area contributed by atoms with E-state index in [1.807, 2.05) is 11.8 Å². The summed E-state index contributed by atoms with van der Waals surface area (Å²) >= 11 is 1.85. The van der Waals surface area contributed by atoms with Crippen LogP contribution in [0.2, 0.25) is 0 Å². The summed E-state index contributed by atoms with van der Waals surface area (Å²) in [5, 5.41) is 9.71. The monoisotopic (exact) mass is 334 g/mol. The number of aromatic amines is 1. The predicted octanol–water partition coefficient (Wildman–Crippen LogP) is 1.64. The van der Waals surface area contributed by atoms with E-state index in [1.54, 1.807) is 14.0 Å². The number of sulfonamides is 1. The Kier molecular flexibility index (Phi) is 8.31. The normalized spacial score (nSPS) is 12.0. The summed E-state index contributed by atoms with van der Waals surface area (Å²) < 4.78 is 27.4. The van der Waals surface area contributed by atoms with Gasteiger partial charge in [-0.3, -0.25) is 5.10 Å². The molecule has 1 rings (SSSR count). The number of thioether (sulfide) groups is 1. The first-order valence-electron chi connectivity index (χ1n) is 7.20. The van der Waals surface area contributed by atoms with E-state index in [1.165, 1.54) is 12.2 Å². The first-order valence-corrected chi connectivity index (χ1v) is 10.1. The molecule has 0 aliphatic heterocycles. The lowest BCUT2D eigenvalue weighted by Crippen LogP contribution is -2.26. The van der Waals surface area contributed by atoms with Crippen LogP contribution in [0.5, 0.6) is 0 Å². The molecular weight excluding hydrogens is 308 g/mol. The van der Waals surface area contributed by atoms with Gasteiger partial charge in [-0.2, -0.15) is 16.9 Å². The van der Waals surface area contributed by atoms with Crippen molar-refractivity contribution in [1.29, 1.82) is 0 Å². The van der Waals surface area contributed by atoms with Crippen molar-refractivity contribution in [3.05, 3.63) is 11.4 Å². The molecule has 0 radical (unpaired) electrons. The average Bonchev–Trinajstić information content (AvgIpc) is 2.80. The lowest BCUT2D eigenvalue weighted by molar-refractivity contribution is 0.571. The summed E-state index contributed by atoms with van der Waals surface area (Å²) in [4.78, 5) is 0.277. The Bertz CT molecular complexity index is 514. The molecule has 0 spiro atoms. The van der Waals surface area contributed by atoms with Crippen LogP contribution in [0.4, 0.5) is 0 Å². The molecule has 8 heteroatoms. The lowest BCUT2D eigenvalue weighted by atomic mass is 10.2. The molecule has 0 aromatic carbocycles. The molecule has 1 heterocycles. The van der Waals surface area contributed by atoms with Crippen LogP contribution in [0.3, 0.4) is 0 Å². The Balaban J connectivity index is 2.48. The second-order valence-corrected chi connectivity index (χ2v) is 7.65. The van der Waals surface area contributed by atoms with E-state index >= 15 is 0 Å². The summed E-state index contributed by atoms with van der Waals surface area (Å²) in [6.45, 7) is 2.63. The van der Waals surface area contributed by atoms with Gasteiger partial charge in [0.05, 0.1) is 11.4 Å². The zero-order valence-electron chi connectivity index (χ0n) is 13.0. The number of nitrogens with zero attached hydrogens (tertiary/aromatic N) is 1. The van der Waals surface area contributed by atoms with Crippen molar-refractivity contribution >= 4 is 21.8 Å². The number of nitrogens with one attached hydrogen (secondary N) is 3. The first kappa shape index (κ1) is 18.5. The van der Waals surface area contributed by atoms with Gasteiger partial charge < -0.3 is 5.32 Å². The van der Waals surface area contributed by atoms with Crippen LogP contribution in [-0.2, 0) is 16.6 Å². The molecule has 1 aromatic heterocycles. The Morgan fingerprint density at radius 2 is 1.95 bits per heavy atom. The second kappa shape index (κ2) is 9.45. The van der Waals surface area contributed by atoms with Crippen molar-refractivity contribution in [3.63, 3.8) is 0 Å². The SMILES string of the molecule is CNCc1n[nH]c(C)c1S(=O)(=O)NCCCCCCSC. The van der Waals surface area contributed by atoms with Gasteiger partial charge in [-0.25, -0.2) is 13.1 Å². The highest BCUT2D eigenvalue weighted by Crippen LogP contribution is 2.17. The van der Waals surface area contributed by atoms with Crippen LogP contribution in [0, 0.1) is 6.92 Å². The molecule has 1 aromatic rings. The smallest absolute Gasteiger partial charge is 0.244 e. The van der Waals surface area contributed by atoms with Crippen molar-refractivity contribution in [1.82, 2.24) is 20.2 Å². The van der Waals surface area contributed by atoms with Crippen molar-refractivity contribution in [2.75, 3.05) is 25.6 Å². The Morgan fingerprint density at radius 3 is 2.62 bits per heavy atom. The Morgan fingerprint density at radius 1 is 1.24 bits per heavy atom. The molecule has 0 unspecified atom stereocenters. The van der Waals surface area contributed by atoms with Crippen molar-refractivity contribution in [2.45, 2.75) is 44.0 Å². The summed E-state index contributed by atoms with van der Waals surface area (Å²) in [5.74, 6) is 1.17. The topological polar surface area (TPSA) is 86.9 Å². The van der Waals surface area contributed by atoms with Gasteiger partial charge >= 0.3 is 0 Å². The third-order valence-electron chi connectivity index (χ3n) is 3.14. The molecule has 0 bridgehead atoms.